The second kappa shape index (κ2) is 4.64. The molecule has 1 fully saturated rings. The molecule has 1 amide bonds. The topological polar surface area (TPSA) is 42.4 Å². The molecule has 4 nitrogen and oxygen atoms in total. The molecule has 2 rings (SSSR count). The van der Waals surface area contributed by atoms with E-state index in [1.165, 1.54) is 18.3 Å². The monoisotopic (exact) mass is 280 g/mol. The first-order valence-corrected chi connectivity index (χ1v) is 5.36. The summed E-state index contributed by atoms with van der Waals surface area (Å²) < 4.78 is 42.3. The molecule has 1 aromatic rings. The van der Waals surface area contributed by atoms with Gasteiger partial charge in [-0.05, 0) is 11.6 Å². The molecule has 1 aromatic heterocycles. The zero-order chi connectivity index (χ0) is 13.3. The second-order valence-electron chi connectivity index (χ2n) is 3.75. The van der Waals surface area contributed by atoms with Crippen LogP contribution in [0, 0.1) is 0 Å². The highest BCUT2D eigenvalue weighted by molar-refractivity contribution is 6.29. The third kappa shape index (κ3) is 2.66. The molecule has 2 heterocycles. The van der Waals surface area contributed by atoms with Crippen LogP contribution in [0.4, 0.5) is 18.0 Å². The van der Waals surface area contributed by atoms with Crippen LogP contribution in [0.25, 0.3) is 0 Å². The zero-order valence-electron chi connectivity index (χ0n) is 8.95. The number of aromatic nitrogens is 1. The van der Waals surface area contributed by atoms with Gasteiger partial charge in [-0.25, -0.2) is 9.78 Å². The van der Waals surface area contributed by atoms with Gasteiger partial charge in [-0.2, -0.15) is 13.2 Å². The molecule has 1 aliphatic heterocycles. The molecular formula is C10H8ClF3N2O2. The summed E-state index contributed by atoms with van der Waals surface area (Å²) in [5, 5.41) is 0.232. The number of cyclic esters (lactones) is 1. The van der Waals surface area contributed by atoms with Gasteiger partial charge in [-0.3, -0.25) is 4.90 Å². The quantitative estimate of drug-likeness (QED) is 0.782. The Morgan fingerprint density at radius 1 is 1.50 bits per heavy atom. The van der Waals surface area contributed by atoms with E-state index in [2.05, 4.69) is 9.72 Å². The summed E-state index contributed by atoms with van der Waals surface area (Å²) in [6.07, 6.45) is -4.17. The fourth-order valence-electron chi connectivity index (χ4n) is 1.59. The molecule has 0 aromatic carbocycles. The molecule has 0 bridgehead atoms. The highest BCUT2D eigenvalue weighted by Gasteiger charge is 2.50. The molecule has 0 aliphatic carbocycles. The number of alkyl halides is 3. The third-order valence-corrected chi connectivity index (χ3v) is 2.72. The Balaban J connectivity index is 2.15. The van der Waals surface area contributed by atoms with Gasteiger partial charge in [-0.15, -0.1) is 0 Å². The molecule has 1 unspecified atom stereocenters. The normalized spacial score (nSPS) is 20.1. The molecule has 1 atom stereocenters. The Hall–Kier alpha value is -1.50. The average molecular weight is 281 g/mol. The van der Waals surface area contributed by atoms with E-state index in [1.807, 2.05) is 0 Å². The lowest BCUT2D eigenvalue weighted by atomic mass is 10.2. The van der Waals surface area contributed by atoms with E-state index in [0.29, 0.717) is 10.5 Å². The minimum atomic E-state index is -4.51. The second-order valence-corrected chi connectivity index (χ2v) is 4.14. The smallest absolute Gasteiger partial charge is 0.412 e. The van der Waals surface area contributed by atoms with Gasteiger partial charge in [-0.1, -0.05) is 17.7 Å². The first-order chi connectivity index (χ1) is 8.38. The standard InChI is InChI=1S/C10H8ClF3N2O2/c11-8-2-1-6(3-15-8)4-16-7(10(12,13)14)5-18-9(16)17/h1-3,7H,4-5H2. The molecular weight excluding hydrogens is 273 g/mol. The van der Waals surface area contributed by atoms with Gasteiger partial charge in [0.2, 0.25) is 0 Å². The molecule has 1 saturated heterocycles. The Morgan fingerprint density at radius 3 is 2.78 bits per heavy atom. The van der Waals surface area contributed by atoms with Crippen LogP contribution >= 0.6 is 11.6 Å². The summed E-state index contributed by atoms with van der Waals surface area (Å²) in [4.78, 5) is 15.6. The van der Waals surface area contributed by atoms with Gasteiger partial charge in [0.25, 0.3) is 0 Å². The molecule has 98 valence electrons. The lowest BCUT2D eigenvalue weighted by Crippen LogP contribution is -2.43. The minimum Gasteiger partial charge on any atom is -0.447 e. The molecule has 18 heavy (non-hydrogen) atoms. The summed E-state index contributed by atoms with van der Waals surface area (Å²) in [5.41, 5.74) is 0.451. The van der Waals surface area contributed by atoms with Crippen molar-refractivity contribution in [3.63, 3.8) is 0 Å². The maximum absolute atomic E-state index is 12.6. The summed E-state index contributed by atoms with van der Waals surface area (Å²) in [6, 6.07) is 1.04. The van der Waals surface area contributed by atoms with E-state index < -0.39 is 24.9 Å². The summed E-state index contributed by atoms with van der Waals surface area (Å²) in [5.74, 6) is 0. The largest absolute Gasteiger partial charge is 0.447 e. The Labute approximate surface area is 105 Å². The van der Waals surface area contributed by atoms with Crippen molar-refractivity contribution >= 4 is 17.7 Å². The molecule has 0 saturated carbocycles. The van der Waals surface area contributed by atoms with E-state index in [0.717, 1.165) is 0 Å². The highest BCUT2D eigenvalue weighted by Crippen LogP contribution is 2.30. The maximum Gasteiger partial charge on any atom is 0.412 e. The van der Waals surface area contributed by atoms with E-state index in [1.54, 1.807) is 0 Å². The maximum atomic E-state index is 12.6. The van der Waals surface area contributed by atoms with Crippen molar-refractivity contribution in [2.24, 2.45) is 0 Å². The van der Waals surface area contributed by atoms with Gasteiger partial charge in [0.05, 0.1) is 6.54 Å². The molecule has 0 N–H and O–H groups in total. The fourth-order valence-corrected chi connectivity index (χ4v) is 1.70. The number of rotatable bonds is 2. The van der Waals surface area contributed by atoms with E-state index in [4.69, 9.17) is 11.6 Å². The third-order valence-electron chi connectivity index (χ3n) is 2.49. The van der Waals surface area contributed by atoms with Crippen LogP contribution in [0.3, 0.4) is 0 Å². The molecule has 0 spiro atoms. The predicted molar refractivity (Wildman–Crippen MR) is 56.0 cm³/mol. The van der Waals surface area contributed by atoms with Gasteiger partial charge < -0.3 is 4.74 Å². The van der Waals surface area contributed by atoms with Crippen molar-refractivity contribution < 1.29 is 22.7 Å². The first-order valence-electron chi connectivity index (χ1n) is 4.98. The molecule has 1 aliphatic rings. The van der Waals surface area contributed by atoms with Crippen LogP contribution < -0.4 is 0 Å². The molecule has 8 heteroatoms. The van der Waals surface area contributed by atoms with E-state index in [9.17, 15) is 18.0 Å². The number of amides is 1. The fraction of sp³-hybridized carbons (Fsp3) is 0.400. The van der Waals surface area contributed by atoms with Gasteiger partial charge in [0.15, 0.2) is 6.04 Å². The number of hydrogen-bond acceptors (Lipinski definition) is 3. The lowest BCUT2D eigenvalue weighted by Gasteiger charge is -2.23. The summed E-state index contributed by atoms with van der Waals surface area (Å²) in [6.45, 7) is -0.892. The van der Waals surface area contributed by atoms with Crippen LogP contribution in [0.5, 0.6) is 0 Å². The number of ether oxygens (including phenoxy) is 1. The first kappa shape index (κ1) is 12.9. The number of halogens is 4. The van der Waals surface area contributed by atoms with Gasteiger partial charge in [0.1, 0.15) is 11.8 Å². The van der Waals surface area contributed by atoms with Crippen molar-refractivity contribution in [1.29, 1.82) is 0 Å². The Bertz CT molecular complexity index is 449. The summed E-state index contributed by atoms with van der Waals surface area (Å²) in [7, 11) is 0. The Kier molecular flexibility index (Phi) is 3.34. The Morgan fingerprint density at radius 2 is 2.22 bits per heavy atom. The number of pyridine rings is 1. The average Bonchev–Trinajstić information content (AvgIpc) is 2.63. The van der Waals surface area contributed by atoms with Crippen LogP contribution in [-0.2, 0) is 11.3 Å². The van der Waals surface area contributed by atoms with Crippen molar-refractivity contribution in [3.8, 4) is 0 Å². The SMILES string of the molecule is O=C1OCC(C(F)(F)F)N1Cc1ccc(Cl)nc1. The van der Waals surface area contributed by atoms with Gasteiger partial charge >= 0.3 is 12.3 Å². The van der Waals surface area contributed by atoms with Crippen molar-refractivity contribution in [2.45, 2.75) is 18.8 Å². The van der Waals surface area contributed by atoms with Gasteiger partial charge in [0, 0.05) is 6.20 Å². The lowest BCUT2D eigenvalue weighted by molar-refractivity contribution is -0.171. The van der Waals surface area contributed by atoms with Crippen LogP contribution in [0.2, 0.25) is 5.15 Å². The minimum absolute atomic E-state index is 0.215. The number of hydrogen-bond donors (Lipinski definition) is 0. The van der Waals surface area contributed by atoms with Crippen molar-refractivity contribution in [1.82, 2.24) is 9.88 Å². The molecule has 0 radical (unpaired) electrons. The van der Waals surface area contributed by atoms with E-state index >= 15 is 0 Å². The number of nitrogens with zero attached hydrogens (tertiary/aromatic N) is 2. The van der Waals surface area contributed by atoms with Crippen molar-refractivity contribution in [2.75, 3.05) is 6.61 Å². The number of carbonyl (C=O) groups excluding carboxylic acids is 1. The van der Waals surface area contributed by atoms with Crippen molar-refractivity contribution in [3.05, 3.63) is 29.0 Å². The zero-order valence-corrected chi connectivity index (χ0v) is 9.70. The van der Waals surface area contributed by atoms with Crippen LogP contribution in [0.15, 0.2) is 18.3 Å². The van der Waals surface area contributed by atoms with Crippen LogP contribution in [-0.4, -0.2) is 34.8 Å². The van der Waals surface area contributed by atoms with Crippen LogP contribution in [0.1, 0.15) is 5.56 Å². The van der Waals surface area contributed by atoms with E-state index in [-0.39, 0.29) is 11.7 Å². The number of carbonyl (C=O) groups is 1. The summed E-state index contributed by atoms with van der Waals surface area (Å²) >= 11 is 5.56. The highest BCUT2D eigenvalue weighted by atomic mass is 35.5. The predicted octanol–water partition coefficient (Wildman–Crippen LogP) is 2.62.